The van der Waals surface area contributed by atoms with Gasteiger partial charge in [-0.3, -0.25) is 14.2 Å². The molecule has 3 aromatic carbocycles. The number of aromatic nitrogens is 3. The minimum absolute atomic E-state index is 0.0160. The average molecular weight is 671 g/mol. The largest absolute Gasteiger partial charge is 0.493 e. The van der Waals surface area contributed by atoms with E-state index in [0.717, 1.165) is 21.7 Å². The molecule has 1 N–H and O–H groups in total. The van der Waals surface area contributed by atoms with Gasteiger partial charge in [-0.05, 0) is 66.4 Å². The normalized spacial score (nSPS) is 14.2. The van der Waals surface area contributed by atoms with Gasteiger partial charge in [0.25, 0.3) is 11.8 Å². The summed E-state index contributed by atoms with van der Waals surface area (Å²) in [5.41, 5.74) is 3.96. The maximum atomic E-state index is 13.9. The van der Waals surface area contributed by atoms with Crippen LogP contribution in [0.2, 0.25) is 0 Å². The van der Waals surface area contributed by atoms with Crippen molar-refractivity contribution in [2.45, 2.75) is 31.1 Å². The average Bonchev–Trinajstić information content (AvgIpc) is 3.87. The molecule has 0 bridgehead atoms. The van der Waals surface area contributed by atoms with Gasteiger partial charge in [0, 0.05) is 17.7 Å². The van der Waals surface area contributed by atoms with Crippen LogP contribution < -0.4 is 14.8 Å². The number of nitrogens with one attached hydrogen (secondary N) is 1. The van der Waals surface area contributed by atoms with Crippen LogP contribution in [0.1, 0.15) is 44.6 Å². The molecule has 10 nitrogen and oxygen atoms in total. The molecule has 2 amide bonds. The molecule has 13 heteroatoms. The van der Waals surface area contributed by atoms with Crippen molar-refractivity contribution in [3.05, 3.63) is 117 Å². The molecule has 5 aromatic rings. The zero-order valence-electron chi connectivity index (χ0n) is 25.8. The summed E-state index contributed by atoms with van der Waals surface area (Å²) in [6, 6.07) is 22.6. The van der Waals surface area contributed by atoms with Crippen molar-refractivity contribution in [1.29, 1.82) is 0 Å². The lowest BCUT2D eigenvalue weighted by Gasteiger charge is -2.22. The highest BCUT2D eigenvalue weighted by Crippen LogP contribution is 2.35. The van der Waals surface area contributed by atoms with E-state index >= 15 is 0 Å². The molecule has 1 aliphatic rings. The van der Waals surface area contributed by atoms with Gasteiger partial charge < -0.3 is 14.8 Å². The lowest BCUT2D eigenvalue weighted by atomic mass is 10.00. The van der Waals surface area contributed by atoms with Gasteiger partial charge in [-0.2, -0.15) is 5.10 Å². The molecule has 47 heavy (non-hydrogen) atoms. The van der Waals surface area contributed by atoms with E-state index in [1.54, 1.807) is 51.2 Å². The molecular formula is C34H31FN6O4S2. The van der Waals surface area contributed by atoms with E-state index in [1.165, 1.54) is 38.1 Å². The molecule has 1 aliphatic heterocycles. The number of carbonyl (C=O) groups excluding carboxylic acids is 2. The fourth-order valence-corrected chi connectivity index (χ4v) is 6.71. The first-order valence-electron chi connectivity index (χ1n) is 14.7. The van der Waals surface area contributed by atoms with Crippen molar-refractivity contribution in [1.82, 2.24) is 25.1 Å². The van der Waals surface area contributed by atoms with E-state index in [4.69, 9.17) is 14.6 Å². The third-order valence-electron chi connectivity index (χ3n) is 7.60. The van der Waals surface area contributed by atoms with Crippen LogP contribution in [0.15, 0.2) is 94.5 Å². The maximum Gasteiger partial charge on any atom is 0.253 e. The number of amides is 2. The molecular weight excluding hydrogens is 640 g/mol. The van der Waals surface area contributed by atoms with Crippen LogP contribution in [0.3, 0.4) is 0 Å². The number of nitrogens with zero attached hydrogens (tertiary/aromatic N) is 5. The Labute approximate surface area is 279 Å². The number of thiophene rings is 1. The Morgan fingerprint density at radius 3 is 2.47 bits per heavy atom. The van der Waals surface area contributed by atoms with Crippen LogP contribution in [-0.4, -0.2) is 57.3 Å². The molecule has 6 rings (SSSR count). The molecule has 3 heterocycles. The van der Waals surface area contributed by atoms with E-state index in [1.807, 2.05) is 48.7 Å². The summed E-state index contributed by atoms with van der Waals surface area (Å²) in [7, 11) is 3.02. The number of ether oxygens (including phenoxy) is 2. The number of hydrogen-bond donors (Lipinski definition) is 1. The second-order valence-corrected chi connectivity index (χ2v) is 12.5. The molecule has 2 aromatic heterocycles. The van der Waals surface area contributed by atoms with Gasteiger partial charge >= 0.3 is 0 Å². The summed E-state index contributed by atoms with van der Waals surface area (Å²) in [6.45, 7) is 2.04. The van der Waals surface area contributed by atoms with Crippen molar-refractivity contribution in [3.63, 3.8) is 0 Å². The fourth-order valence-electron chi connectivity index (χ4n) is 5.17. The summed E-state index contributed by atoms with van der Waals surface area (Å²) >= 11 is 2.79. The van der Waals surface area contributed by atoms with Crippen LogP contribution in [0.5, 0.6) is 11.5 Å². The SMILES string of the molecule is COc1ccc(C(=O)NCc2nnc(SCC(=O)N3N=C(c4cccs4)C[C@H]3c3ccc(C)cc3)n2-c2ccc(F)cc2)cc1OC. The molecule has 0 aliphatic carbocycles. The first-order chi connectivity index (χ1) is 22.8. The predicted octanol–water partition coefficient (Wildman–Crippen LogP) is 6.19. The Bertz CT molecular complexity index is 1910. The summed E-state index contributed by atoms with van der Waals surface area (Å²) in [5, 5.41) is 20.3. The zero-order chi connectivity index (χ0) is 32.9. The topological polar surface area (TPSA) is 111 Å². The highest BCUT2D eigenvalue weighted by atomic mass is 32.2. The van der Waals surface area contributed by atoms with Gasteiger partial charge in [0.15, 0.2) is 22.5 Å². The molecule has 0 spiro atoms. The number of thioether (sulfide) groups is 1. The van der Waals surface area contributed by atoms with Gasteiger partial charge in [-0.1, -0.05) is 47.7 Å². The van der Waals surface area contributed by atoms with Gasteiger partial charge in [0.1, 0.15) is 5.82 Å². The van der Waals surface area contributed by atoms with Crippen LogP contribution in [0.25, 0.3) is 5.69 Å². The Morgan fingerprint density at radius 1 is 1.00 bits per heavy atom. The summed E-state index contributed by atoms with van der Waals surface area (Å²) in [6.07, 6.45) is 0.607. The minimum atomic E-state index is -0.398. The third-order valence-corrected chi connectivity index (χ3v) is 9.43. The molecule has 0 saturated heterocycles. The molecule has 0 radical (unpaired) electrons. The molecule has 240 valence electrons. The van der Waals surface area contributed by atoms with Crippen molar-refractivity contribution < 1.29 is 23.5 Å². The fraction of sp³-hybridized carbons (Fsp3) is 0.206. The Balaban J connectivity index is 1.22. The van der Waals surface area contributed by atoms with E-state index in [9.17, 15) is 14.0 Å². The van der Waals surface area contributed by atoms with E-state index in [2.05, 4.69) is 15.5 Å². The van der Waals surface area contributed by atoms with Crippen molar-refractivity contribution in [2.24, 2.45) is 5.10 Å². The first kappa shape index (κ1) is 32.0. The third kappa shape index (κ3) is 7.05. The molecule has 0 unspecified atom stereocenters. The monoisotopic (exact) mass is 670 g/mol. The second-order valence-electron chi connectivity index (χ2n) is 10.6. The van der Waals surface area contributed by atoms with Gasteiger partial charge in [0.05, 0.1) is 43.1 Å². The van der Waals surface area contributed by atoms with Crippen LogP contribution in [0, 0.1) is 12.7 Å². The number of methoxy groups -OCH3 is 2. The second kappa shape index (κ2) is 14.2. The van der Waals surface area contributed by atoms with E-state index in [-0.39, 0.29) is 30.2 Å². The molecule has 1 atom stereocenters. The lowest BCUT2D eigenvalue weighted by molar-refractivity contribution is -0.130. The molecule has 0 saturated carbocycles. The smallest absolute Gasteiger partial charge is 0.253 e. The highest BCUT2D eigenvalue weighted by Gasteiger charge is 2.33. The van der Waals surface area contributed by atoms with Gasteiger partial charge in [-0.25, -0.2) is 9.40 Å². The predicted molar refractivity (Wildman–Crippen MR) is 179 cm³/mol. The van der Waals surface area contributed by atoms with Crippen molar-refractivity contribution >= 4 is 40.6 Å². The maximum absolute atomic E-state index is 13.9. The number of hydrogen-bond acceptors (Lipinski definition) is 9. The number of hydrazone groups is 1. The summed E-state index contributed by atoms with van der Waals surface area (Å²) in [4.78, 5) is 27.8. The Kier molecular flexibility index (Phi) is 9.64. The Hall–Kier alpha value is -5.01. The zero-order valence-corrected chi connectivity index (χ0v) is 27.5. The quantitative estimate of drug-likeness (QED) is 0.167. The van der Waals surface area contributed by atoms with Gasteiger partial charge in [-0.15, -0.1) is 21.5 Å². The standard InChI is InChI=1S/C34H31FN6O4S2/c1-21-6-8-22(9-7-21)27-18-26(30-5-4-16-46-30)39-41(27)32(42)20-47-34-38-37-31(40(34)25-13-11-24(35)12-14-25)19-36-33(43)23-10-15-28(44-2)29(17-23)45-3/h4-17,27H,18-20H2,1-3H3,(H,36,43)/t27-/m0/s1. The number of rotatable bonds is 11. The first-order valence-corrected chi connectivity index (χ1v) is 16.5. The minimum Gasteiger partial charge on any atom is -0.493 e. The molecule has 0 fully saturated rings. The number of halogens is 1. The number of benzene rings is 3. The van der Waals surface area contributed by atoms with E-state index in [0.29, 0.717) is 40.2 Å². The summed E-state index contributed by atoms with van der Waals surface area (Å²) < 4.78 is 26.1. The summed E-state index contributed by atoms with van der Waals surface area (Å²) in [5.74, 6) is 0.406. The lowest BCUT2D eigenvalue weighted by Crippen LogP contribution is -2.28. The highest BCUT2D eigenvalue weighted by molar-refractivity contribution is 7.99. The van der Waals surface area contributed by atoms with Crippen molar-refractivity contribution in [2.75, 3.05) is 20.0 Å². The van der Waals surface area contributed by atoms with Crippen molar-refractivity contribution in [3.8, 4) is 17.2 Å². The Morgan fingerprint density at radius 2 is 1.77 bits per heavy atom. The number of carbonyl (C=O) groups is 2. The van der Waals surface area contributed by atoms with E-state index < -0.39 is 5.82 Å². The van der Waals surface area contributed by atoms with Crippen LogP contribution in [-0.2, 0) is 11.3 Å². The number of aryl methyl sites for hydroxylation is 1. The van der Waals surface area contributed by atoms with Gasteiger partial charge in [0.2, 0.25) is 0 Å². The van der Waals surface area contributed by atoms with Crippen LogP contribution >= 0.6 is 23.1 Å². The van der Waals surface area contributed by atoms with Crippen LogP contribution in [0.4, 0.5) is 4.39 Å².